The Balaban J connectivity index is 2.46. The van der Waals surface area contributed by atoms with Gasteiger partial charge in [0, 0.05) is 18.6 Å². The second kappa shape index (κ2) is 5.12. The Morgan fingerprint density at radius 3 is 2.06 bits per heavy atom. The minimum Gasteiger partial charge on any atom is -0.382 e. The molecule has 1 rings (SSSR count). The van der Waals surface area contributed by atoms with Crippen LogP contribution in [0.5, 0.6) is 0 Å². The van der Waals surface area contributed by atoms with Crippen LogP contribution >= 0.6 is 0 Å². The van der Waals surface area contributed by atoms with Crippen molar-refractivity contribution in [1.82, 2.24) is 9.80 Å². The van der Waals surface area contributed by atoms with Gasteiger partial charge in [-0.1, -0.05) is 0 Å². The maximum Gasteiger partial charge on any atom is 0.415 e. The molecule has 17 heavy (non-hydrogen) atoms. The summed E-state index contributed by atoms with van der Waals surface area (Å²) in [5.41, 5.74) is -0.0138. The maximum absolute atomic E-state index is 12.2. The van der Waals surface area contributed by atoms with E-state index in [1.807, 2.05) is 14.1 Å². The van der Waals surface area contributed by atoms with E-state index in [4.69, 9.17) is 5.11 Å². The van der Waals surface area contributed by atoms with Crippen molar-refractivity contribution in [2.75, 3.05) is 34.2 Å². The fraction of sp³-hybridized carbons (Fsp3) is 1.00. The monoisotopic (exact) mass is 254 g/mol. The predicted octanol–water partition coefficient (Wildman–Crippen LogP) is 1.33. The van der Waals surface area contributed by atoms with Gasteiger partial charge in [0.1, 0.15) is 0 Å². The number of hydrogen-bond donors (Lipinski definition) is 1. The van der Waals surface area contributed by atoms with Gasteiger partial charge in [0.15, 0.2) is 6.10 Å². The molecule has 0 aromatic rings. The van der Waals surface area contributed by atoms with Crippen LogP contribution in [-0.2, 0) is 0 Å². The molecule has 0 aromatic heterocycles. The van der Waals surface area contributed by atoms with Crippen LogP contribution < -0.4 is 0 Å². The molecule has 0 amide bonds. The number of nitrogens with zero attached hydrogens (tertiary/aromatic N) is 2. The summed E-state index contributed by atoms with van der Waals surface area (Å²) in [7, 11) is 5.53. The number of rotatable bonds is 5. The van der Waals surface area contributed by atoms with E-state index in [2.05, 4.69) is 4.90 Å². The molecule has 3 nitrogen and oxygen atoms in total. The van der Waals surface area contributed by atoms with E-state index in [0.717, 1.165) is 19.3 Å². The highest BCUT2D eigenvalue weighted by atomic mass is 19.4. The lowest BCUT2D eigenvalue weighted by molar-refractivity contribution is -0.208. The Bertz CT molecular complexity index is 252. The van der Waals surface area contributed by atoms with Crippen molar-refractivity contribution in [1.29, 1.82) is 0 Å². The molecule has 1 fully saturated rings. The van der Waals surface area contributed by atoms with Crippen LogP contribution in [0.1, 0.15) is 19.3 Å². The smallest absolute Gasteiger partial charge is 0.382 e. The fourth-order valence-electron chi connectivity index (χ4n) is 2.30. The molecule has 1 atom stereocenters. The molecule has 0 bridgehead atoms. The highest BCUT2D eigenvalue weighted by molar-refractivity contribution is 4.98. The van der Waals surface area contributed by atoms with Gasteiger partial charge in [-0.2, -0.15) is 13.2 Å². The lowest BCUT2D eigenvalue weighted by Gasteiger charge is -2.49. The van der Waals surface area contributed by atoms with Crippen molar-refractivity contribution in [3.05, 3.63) is 0 Å². The second-order valence-electron chi connectivity index (χ2n) is 5.23. The lowest BCUT2D eigenvalue weighted by Crippen LogP contribution is -2.57. The molecule has 0 heterocycles. The molecule has 1 unspecified atom stereocenters. The van der Waals surface area contributed by atoms with E-state index in [1.165, 1.54) is 0 Å². The molecule has 6 heteroatoms. The first-order chi connectivity index (χ1) is 7.67. The van der Waals surface area contributed by atoms with E-state index in [9.17, 15) is 13.2 Å². The summed E-state index contributed by atoms with van der Waals surface area (Å²) in [6.07, 6.45) is -3.65. The topological polar surface area (TPSA) is 26.7 Å². The van der Waals surface area contributed by atoms with E-state index in [-0.39, 0.29) is 12.1 Å². The molecule has 1 aliphatic rings. The van der Waals surface area contributed by atoms with E-state index in [0.29, 0.717) is 6.54 Å². The number of hydrogen-bond acceptors (Lipinski definition) is 3. The minimum absolute atomic E-state index is 0.0138. The molecule has 0 radical (unpaired) electrons. The van der Waals surface area contributed by atoms with Crippen LogP contribution in [0.2, 0.25) is 0 Å². The summed E-state index contributed by atoms with van der Waals surface area (Å²) >= 11 is 0. The standard InChI is InChI=1S/C11H21F3N2O/c1-15(2)10(5-4-6-10)8-16(3)7-9(17)11(12,13)14/h9,17H,4-8H2,1-3H3. The van der Waals surface area contributed by atoms with Gasteiger partial charge >= 0.3 is 6.18 Å². The summed E-state index contributed by atoms with van der Waals surface area (Å²) in [6.45, 7) is 0.201. The Kier molecular flexibility index (Phi) is 4.43. The maximum atomic E-state index is 12.2. The minimum atomic E-state index is -4.53. The fourth-order valence-corrected chi connectivity index (χ4v) is 2.30. The third-order valence-corrected chi connectivity index (χ3v) is 3.66. The lowest BCUT2D eigenvalue weighted by atomic mass is 9.75. The Morgan fingerprint density at radius 2 is 1.76 bits per heavy atom. The highest BCUT2D eigenvalue weighted by Gasteiger charge is 2.42. The third-order valence-electron chi connectivity index (χ3n) is 3.66. The third kappa shape index (κ3) is 3.56. The van der Waals surface area contributed by atoms with Gasteiger partial charge in [-0.15, -0.1) is 0 Å². The van der Waals surface area contributed by atoms with Gasteiger partial charge in [0.25, 0.3) is 0 Å². The van der Waals surface area contributed by atoms with Gasteiger partial charge in [-0.25, -0.2) is 0 Å². The first-order valence-corrected chi connectivity index (χ1v) is 5.78. The van der Waals surface area contributed by atoms with Crippen molar-refractivity contribution >= 4 is 0 Å². The first kappa shape index (κ1) is 14.7. The average Bonchev–Trinajstić information content (AvgIpc) is 2.08. The zero-order chi connectivity index (χ0) is 13.3. The van der Waals surface area contributed by atoms with E-state index in [1.54, 1.807) is 11.9 Å². The van der Waals surface area contributed by atoms with Gasteiger partial charge in [-0.05, 0) is 40.4 Å². The summed E-state index contributed by atoms with van der Waals surface area (Å²) in [6, 6.07) is 0. The summed E-state index contributed by atoms with van der Waals surface area (Å²) in [5, 5.41) is 9.00. The van der Waals surface area contributed by atoms with Crippen molar-refractivity contribution in [3.63, 3.8) is 0 Å². The molecule has 1 saturated carbocycles. The van der Waals surface area contributed by atoms with Crippen LogP contribution in [0.15, 0.2) is 0 Å². The number of alkyl halides is 3. The van der Waals surface area contributed by atoms with E-state index < -0.39 is 12.3 Å². The Labute approximate surface area is 100 Å². The average molecular weight is 254 g/mol. The van der Waals surface area contributed by atoms with Crippen LogP contribution in [0.3, 0.4) is 0 Å². The molecular weight excluding hydrogens is 233 g/mol. The predicted molar refractivity (Wildman–Crippen MR) is 59.8 cm³/mol. The van der Waals surface area contributed by atoms with Gasteiger partial charge in [0.05, 0.1) is 0 Å². The van der Waals surface area contributed by atoms with Gasteiger partial charge in [-0.3, -0.25) is 0 Å². The molecule has 0 saturated heterocycles. The summed E-state index contributed by atoms with van der Waals surface area (Å²) in [4.78, 5) is 3.64. The second-order valence-corrected chi connectivity index (χ2v) is 5.23. The number of halogens is 3. The van der Waals surface area contributed by atoms with Crippen LogP contribution in [0.4, 0.5) is 13.2 Å². The zero-order valence-electron chi connectivity index (χ0n) is 10.6. The SMILES string of the molecule is CN(CC(O)C(F)(F)F)CC1(N(C)C)CCC1. The molecule has 1 aliphatic carbocycles. The summed E-state index contributed by atoms with van der Waals surface area (Å²) < 4.78 is 36.6. The molecule has 0 aromatic carbocycles. The van der Waals surface area contributed by atoms with Crippen molar-refractivity contribution < 1.29 is 18.3 Å². The number of aliphatic hydroxyl groups is 1. The zero-order valence-corrected chi connectivity index (χ0v) is 10.6. The van der Waals surface area contributed by atoms with Crippen molar-refractivity contribution in [3.8, 4) is 0 Å². The van der Waals surface area contributed by atoms with Crippen LogP contribution in [0, 0.1) is 0 Å². The molecule has 0 spiro atoms. The quantitative estimate of drug-likeness (QED) is 0.801. The molecule has 102 valence electrons. The number of aliphatic hydroxyl groups excluding tert-OH is 1. The van der Waals surface area contributed by atoms with E-state index >= 15 is 0 Å². The Morgan fingerprint density at radius 1 is 1.24 bits per heavy atom. The molecular formula is C11H21F3N2O. The van der Waals surface area contributed by atoms with Crippen molar-refractivity contribution in [2.24, 2.45) is 0 Å². The van der Waals surface area contributed by atoms with Crippen molar-refractivity contribution in [2.45, 2.75) is 37.1 Å². The Hall–Kier alpha value is -0.330. The molecule has 0 aliphatic heterocycles. The first-order valence-electron chi connectivity index (χ1n) is 5.78. The number of likely N-dealkylation sites (N-methyl/N-ethyl adjacent to an activating group) is 2. The van der Waals surface area contributed by atoms with Gasteiger partial charge in [0.2, 0.25) is 0 Å². The van der Waals surface area contributed by atoms with Crippen LogP contribution in [-0.4, -0.2) is 67.0 Å². The molecule has 1 N–H and O–H groups in total. The van der Waals surface area contributed by atoms with Crippen LogP contribution in [0.25, 0.3) is 0 Å². The summed E-state index contributed by atoms with van der Waals surface area (Å²) in [5.74, 6) is 0. The highest BCUT2D eigenvalue weighted by Crippen LogP contribution is 2.36. The van der Waals surface area contributed by atoms with Gasteiger partial charge < -0.3 is 14.9 Å². The normalized spacial score (nSPS) is 21.7. The largest absolute Gasteiger partial charge is 0.415 e.